The van der Waals surface area contributed by atoms with E-state index in [0.717, 1.165) is 0 Å². The highest BCUT2D eigenvalue weighted by atomic mass is 32.4. The van der Waals surface area contributed by atoms with Gasteiger partial charge in [0.05, 0.1) is 0 Å². The fourth-order valence-corrected chi connectivity index (χ4v) is 6.41. The zero-order valence-electron chi connectivity index (χ0n) is 11.4. The predicted octanol–water partition coefficient (Wildman–Crippen LogP) is 4.81. The van der Waals surface area contributed by atoms with Crippen molar-refractivity contribution in [3.8, 4) is 0 Å². The van der Waals surface area contributed by atoms with E-state index in [9.17, 15) is 0 Å². The molecule has 0 aliphatic heterocycles. The summed E-state index contributed by atoms with van der Waals surface area (Å²) in [7, 11) is 0. The van der Waals surface area contributed by atoms with Crippen LogP contribution in [0.4, 0.5) is 0 Å². The number of rotatable bonds is 9. The lowest BCUT2D eigenvalue weighted by atomic mass is 10.4. The van der Waals surface area contributed by atoms with Crippen molar-refractivity contribution >= 4 is 35.7 Å². The van der Waals surface area contributed by atoms with Crippen molar-refractivity contribution < 1.29 is 0 Å². The molecule has 0 atom stereocenters. The maximum Gasteiger partial charge on any atom is -0.0235 e. The molecule has 16 heavy (non-hydrogen) atoms. The number of unbranched alkanes of at least 4 members (excludes halogenated alkanes) is 1. The van der Waals surface area contributed by atoms with Crippen LogP contribution >= 0.6 is 12.1 Å². The largest absolute Gasteiger partial charge is 0.0975 e. The van der Waals surface area contributed by atoms with E-state index in [1.165, 1.54) is 49.8 Å². The van der Waals surface area contributed by atoms with Crippen molar-refractivity contribution in [2.75, 3.05) is 37.0 Å². The van der Waals surface area contributed by atoms with Gasteiger partial charge >= 0.3 is 0 Å². The molecule has 0 fully saturated rings. The van der Waals surface area contributed by atoms with E-state index in [1.807, 2.05) is 0 Å². The Balaban J connectivity index is 3.92. The molecular weight excluding hydrogens is 270 g/mol. The van der Waals surface area contributed by atoms with Crippen LogP contribution in [-0.4, -0.2) is 37.0 Å². The molecule has 0 unspecified atom stereocenters. The van der Waals surface area contributed by atoms with Crippen LogP contribution in [0.5, 0.6) is 0 Å². The summed E-state index contributed by atoms with van der Waals surface area (Å²) < 4.78 is 0. The normalized spacial score (nSPS) is 13.0. The Morgan fingerprint density at radius 1 is 0.625 bits per heavy atom. The quantitative estimate of drug-likeness (QED) is 0.443. The smallest absolute Gasteiger partial charge is 0.0235 e. The molecule has 0 aliphatic rings. The predicted molar refractivity (Wildman–Crippen MR) is 89.7 cm³/mol. The first-order chi connectivity index (χ1) is 7.45. The van der Waals surface area contributed by atoms with E-state index in [-0.39, 0.29) is 0 Å². The van der Waals surface area contributed by atoms with Crippen LogP contribution in [0.2, 0.25) is 0 Å². The molecule has 0 radical (unpaired) electrons. The van der Waals surface area contributed by atoms with E-state index in [1.54, 1.807) is 0 Å². The molecule has 4 heteroatoms. The Bertz CT molecular complexity index is 230. The second-order valence-corrected chi connectivity index (χ2v) is 16.8. The van der Waals surface area contributed by atoms with E-state index in [2.05, 4.69) is 27.7 Å². The fourth-order valence-electron chi connectivity index (χ4n) is 1.88. The van der Waals surface area contributed by atoms with E-state index < -0.39 is 12.1 Å². The average molecular weight is 298 g/mol. The molecule has 0 aromatic rings. The highest BCUT2D eigenvalue weighted by molar-refractivity contribution is 8.15. The molecule has 0 heterocycles. The summed E-state index contributed by atoms with van der Waals surface area (Å²) in [6, 6.07) is -1.94. The second-order valence-electron chi connectivity index (χ2n) is 4.54. The topological polar surface area (TPSA) is 0 Å². The van der Waals surface area contributed by atoms with Crippen LogP contribution in [0.1, 0.15) is 40.5 Å². The van der Waals surface area contributed by atoms with Crippen LogP contribution in [0.15, 0.2) is 0 Å². The molecule has 0 aromatic heterocycles. The molecule has 0 aromatic carbocycles. The minimum atomic E-state index is -0.968. The highest BCUT2D eigenvalue weighted by Crippen LogP contribution is 2.48. The summed E-state index contributed by atoms with van der Waals surface area (Å²) in [4.78, 5) is 0. The first kappa shape index (κ1) is 17.3. The van der Waals surface area contributed by atoms with Gasteiger partial charge in [0, 0.05) is 0 Å². The van der Waals surface area contributed by atoms with Crippen molar-refractivity contribution in [2.24, 2.45) is 0 Å². The SMILES string of the molecule is CCP(=S)(CC)CCCCP(=S)(CC)CC. The van der Waals surface area contributed by atoms with Gasteiger partial charge < -0.3 is 0 Å². The Kier molecular flexibility index (Phi) is 9.09. The van der Waals surface area contributed by atoms with E-state index >= 15 is 0 Å². The molecule has 0 amide bonds. The third-order valence-electron chi connectivity index (χ3n) is 3.69. The molecule has 98 valence electrons. The molecular formula is C12H28P2S2. The maximum atomic E-state index is 5.76. The average Bonchev–Trinajstić information content (AvgIpc) is 2.34. The molecule has 0 saturated carbocycles. The molecule has 0 nitrogen and oxygen atoms in total. The Hall–Kier alpha value is 1.30. The first-order valence-electron chi connectivity index (χ1n) is 6.59. The van der Waals surface area contributed by atoms with E-state index in [0.29, 0.717) is 0 Å². The Morgan fingerprint density at radius 2 is 0.875 bits per heavy atom. The number of hydrogen-bond acceptors (Lipinski definition) is 2. The van der Waals surface area contributed by atoms with Gasteiger partial charge in [-0.2, -0.15) is 0 Å². The van der Waals surface area contributed by atoms with Crippen molar-refractivity contribution in [2.45, 2.75) is 40.5 Å². The van der Waals surface area contributed by atoms with Gasteiger partial charge in [0.25, 0.3) is 0 Å². The van der Waals surface area contributed by atoms with Crippen molar-refractivity contribution in [3.63, 3.8) is 0 Å². The van der Waals surface area contributed by atoms with Gasteiger partial charge in [-0.25, -0.2) is 0 Å². The number of hydrogen-bond donors (Lipinski definition) is 0. The molecule has 0 spiro atoms. The summed E-state index contributed by atoms with van der Waals surface area (Å²) in [5.41, 5.74) is 0. The first-order valence-corrected chi connectivity index (χ1v) is 13.3. The van der Waals surface area contributed by atoms with Gasteiger partial charge in [-0.3, -0.25) is 0 Å². The summed E-state index contributed by atoms with van der Waals surface area (Å²) >= 11 is 11.5. The summed E-state index contributed by atoms with van der Waals surface area (Å²) in [5.74, 6) is 0. The van der Waals surface area contributed by atoms with Gasteiger partial charge in [-0.15, -0.1) is 0 Å². The van der Waals surface area contributed by atoms with Gasteiger partial charge in [0.1, 0.15) is 0 Å². The van der Waals surface area contributed by atoms with E-state index in [4.69, 9.17) is 23.6 Å². The minimum absolute atomic E-state index is 0.968. The molecule has 0 N–H and O–H groups in total. The third-order valence-corrected chi connectivity index (χ3v) is 14.8. The monoisotopic (exact) mass is 298 g/mol. The van der Waals surface area contributed by atoms with Gasteiger partial charge in [0.15, 0.2) is 0 Å². The van der Waals surface area contributed by atoms with Crippen molar-refractivity contribution in [1.82, 2.24) is 0 Å². The van der Waals surface area contributed by atoms with Gasteiger partial charge in [0.2, 0.25) is 0 Å². The molecule has 0 saturated heterocycles. The zero-order valence-corrected chi connectivity index (χ0v) is 14.8. The minimum Gasteiger partial charge on any atom is -0.0975 e. The third kappa shape index (κ3) is 6.29. The molecule has 0 rings (SSSR count). The lowest BCUT2D eigenvalue weighted by molar-refractivity contribution is 0.891. The van der Waals surface area contributed by atoms with Crippen LogP contribution in [-0.2, 0) is 23.6 Å². The Morgan fingerprint density at radius 3 is 1.06 bits per heavy atom. The molecule has 0 aliphatic carbocycles. The van der Waals surface area contributed by atoms with Crippen molar-refractivity contribution in [1.29, 1.82) is 0 Å². The van der Waals surface area contributed by atoms with Crippen LogP contribution < -0.4 is 0 Å². The summed E-state index contributed by atoms with van der Waals surface area (Å²) in [6.45, 7) is 9.08. The standard InChI is InChI=1S/C12H28P2S2/c1-5-13(15,6-2)11-9-10-12-14(16,7-3)8-4/h5-12H2,1-4H3. The lowest BCUT2D eigenvalue weighted by Gasteiger charge is -2.21. The second kappa shape index (κ2) is 8.41. The highest BCUT2D eigenvalue weighted by Gasteiger charge is 2.14. The summed E-state index contributed by atoms with van der Waals surface area (Å²) in [6.07, 6.45) is 10.3. The molecule has 0 bridgehead atoms. The zero-order chi connectivity index (χ0) is 12.7. The summed E-state index contributed by atoms with van der Waals surface area (Å²) in [5, 5.41) is 0. The fraction of sp³-hybridized carbons (Fsp3) is 1.00. The maximum absolute atomic E-state index is 5.76. The van der Waals surface area contributed by atoms with Crippen LogP contribution in [0.25, 0.3) is 0 Å². The van der Waals surface area contributed by atoms with Crippen molar-refractivity contribution in [3.05, 3.63) is 0 Å². The van der Waals surface area contributed by atoms with Crippen LogP contribution in [0.3, 0.4) is 0 Å². The Labute approximate surface area is 113 Å². The van der Waals surface area contributed by atoms with Gasteiger partial charge in [-0.05, 0) is 61.9 Å². The van der Waals surface area contributed by atoms with Gasteiger partial charge in [-0.1, -0.05) is 51.3 Å². The lowest BCUT2D eigenvalue weighted by Crippen LogP contribution is -1.99. The van der Waals surface area contributed by atoms with Crippen LogP contribution in [0, 0.1) is 0 Å².